The number of thiophene rings is 1. The van der Waals surface area contributed by atoms with Crippen molar-refractivity contribution in [2.24, 2.45) is 0 Å². The third kappa shape index (κ3) is 5.16. The van der Waals surface area contributed by atoms with E-state index >= 15 is 0 Å². The second kappa shape index (κ2) is 12.9. The predicted molar refractivity (Wildman–Crippen MR) is 237 cm³/mol. The molecule has 11 rings (SSSR count). The number of para-hydroxylation sites is 5. The summed E-state index contributed by atoms with van der Waals surface area (Å²) in [6.07, 6.45) is 0. The van der Waals surface area contributed by atoms with Crippen LogP contribution in [-0.4, -0.2) is 4.57 Å². The lowest BCUT2D eigenvalue weighted by Gasteiger charge is -2.30. The minimum atomic E-state index is 1.09. The molecule has 0 saturated heterocycles. The molecule has 0 N–H and O–H groups in total. The molecular weight excluding hydrogens is 685 g/mol. The molecule has 3 heteroatoms. The van der Waals surface area contributed by atoms with E-state index in [1.165, 1.54) is 75.0 Å². The van der Waals surface area contributed by atoms with Crippen molar-refractivity contribution in [1.82, 2.24) is 4.57 Å². The van der Waals surface area contributed by atoms with Crippen LogP contribution in [0.2, 0.25) is 0 Å². The monoisotopic (exact) mass is 718 g/mol. The SMILES string of the molecule is c1cc(-c2cccc3ccccc23)cc(N(c2ccccc2-c2ccc3c(c2)sc2ccccc23)c2ccccc2-n2c3ccccc3c3ccccc32)c1. The quantitative estimate of drug-likeness (QED) is 0.166. The molecule has 0 saturated carbocycles. The first-order valence-corrected chi connectivity index (χ1v) is 19.6. The highest BCUT2D eigenvalue weighted by Gasteiger charge is 2.23. The van der Waals surface area contributed by atoms with E-state index in [4.69, 9.17) is 0 Å². The predicted octanol–water partition coefficient (Wildman–Crippen LogP) is 15.1. The molecule has 55 heavy (non-hydrogen) atoms. The third-order valence-corrected chi connectivity index (χ3v) is 12.1. The Morgan fingerprint density at radius 1 is 0.364 bits per heavy atom. The number of anilines is 3. The van der Waals surface area contributed by atoms with Crippen LogP contribution in [0.5, 0.6) is 0 Å². The maximum atomic E-state index is 2.47. The van der Waals surface area contributed by atoms with Crippen LogP contribution in [0.1, 0.15) is 0 Å². The standard InChI is InChI=1S/C52H34N2S/c1-2-19-39-35(15-1)16-14-24-40(39)36-17-13-18-38(33-36)53(46-25-7-3-20-41(46)37-31-32-45-44-23-6-12-30-51(44)55-52(45)34-37)49-28-10-11-29-50(49)54-47-26-8-4-21-42(47)43-22-5-9-27-48(43)54/h1-34H. The summed E-state index contributed by atoms with van der Waals surface area (Å²) in [6, 6.07) is 75.3. The Morgan fingerprint density at radius 2 is 0.945 bits per heavy atom. The molecule has 9 aromatic carbocycles. The van der Waals surface area contributed by atoms with Crippen molar-refractivity contribution < 1.29 is 0 Å². The van der Waals surface area contributed by atoms with E-state index in [9.17, 15) is 0 Å². The van der Waals surface area contributed by atoms with E-state index in [-0.39, 0.29) is 0 Å². The van der Waals surface area contributed by atoms with Crippen LogP contribution in [0.15, 0.2) is 206 Å². The van der Waals surface area contributed by atoms with Crippen molar-refractivity contribution >= 4 is 81.1 Å². The Bertz CT molecular complexity index is 3180. The maximum absolute atomic E-state index is 2.47. The summed E-state index contributed by atoms with van der Waals surface area (Å²) in [6.45, 7) is 0. The first-order valence-electron chi connectivity index (χ1n) is 18.8. The summed E-state index contributed by atoms with van der Waals surface area (Å²) in [5, 5.41) is 7.59. The average molecular weight is 719 g/mol. The molecule has 0 spiro atoms. The summed E-state index contributed by atoms with van der Waals surface area (Å²) in [5.41, 5.74) is 11.6. The lowest BCUT2D eigenvalue weighted by Crippen LogP contribution is -2.14. The van der Waals surface area contributed by atoms with Gasteiger partial charge in [-0.05, 0) is 82.1 Å². The molecule has 0 aliphatic carbocycles. The van der Waals surface area contributed by atoms with Crippen LogP contribution in [0.25, 0.3) is 80.7 Å². The fourth-order valence-electron chi connectivity index (χ4n) is 8.53. The first-order chi connectivity index (χ1) is 27.3. The van der Waals surface area contributed by atoms with Crippen LogP contribution < -0.4 is 4.90 Å². The molecule has 11 aromatic rings. The second-order valence-corrected chi connectivity index (χ2v) is 15.2. The molecule has 0 radical (unpaired) electrons. The fraction of sp³-hybridized carbons (Fsp3) is 0. The Labute approximate surface area is 323 Å². The van der Waals surface area contributed by atoms with Crippen LogP contribution >= 0.6 is 11.3 Å². The van der Waals surface area contributed by atoms with Gasteiger partial charge in [0.25, 0.3) is 0 Å². The van der Waals surface area contributed by atoms with E-state index in [1.54, 1.807) is 0 Å². The van der Waals surface area contributed by atoms with Gasteiger partial charge in [0.15, 0.2) is 0 Å². The van der Waals surface area contributed by atoms with E-state index in [0.717, 1.165) is 22.7 Å². The van der Waals surface area contributed by atoms with Crippen LogP contribution in [0.3, 0.4) is 0 Å². The van der Waals surface area contributed by atoms with Crippen molar-refractivity contribution in [2.45, 2.75) is 0 Å². The summed E-state index contributed by atoms with van der Waals surface area (Å²) >= 11 is 1.86. The van der Waals surface area contributed by atoms with E-state index < -0.39 is 0 Å². The maximum Gasteiger partial charge on any atom is 0.0702 e. The van der Waals surface area contributed by atoms with Crippen molar-refractivity contribution in [3.05, 3.63) is 206 Å². The Hall–Kier alpha value is -6.94. The molecule has 0 aliphatic heterocycles. The number of benzene rings is 9. The molecule has 0 fully saturated rings. The highest BCUT2D eigenvalue weighted by Crippen LogP contribution is 2.47. The van der Waals surface area contributed by atoms with E-state index in [2.05, 4.69) is 216 Å². The minimum absolute atomic E-state index is 1.09. The Kier molecular flexibility index (Phi) is 7.39. The van der Waals surface area contributed by atoms with Gasteiger partial charge in [-0.2, -0.15) is 0 Å². The van der Waals surface area contributed by atoms with Gasteiger partial charge in [0.2, 0.25) is 0 Å². The van der Waals surface area contributed by atoms with Gasteiger partial charge in [0, 0.05) is 42.2 Å². The number of nitrogens with zero attached hydrogens (tertiary/aromatic N) is 2. The molecule has 0 bridgehead atoms. The molecule has 0 unspecified atom stereocenters. The Balaban J connectivity index is 1.18. The lowest BCUT2D eigenvalue weighted by molar-refractivity contribution is 1.15. The van der Waals surface area contributed by atoms with E-state index in [0.29, 0.717) is 0 Å². The second-order valence-electron chi connectivity index (χ2n) is 14.1. The summed E-state index contributed by atoms with van der Waals surface area (Å²) in [5.74, 6) is 0. The van der Waals surface area contributed by atoms with Gasteiger partial charge >= 0.3 is 0 Å². The van der Waals surface area contributed by atoms with Crippen molar-refractivity contribution in [1.29, 1.82) is 0 Å². The van der Waals surface area contributed by atoms with Gasteiger partial charge in [-0.25, -0.2) is 0 Å². The number of aromatic nitrogens is 1. The zero-order valence-corrected chi connectivity index (χ0v) is 30.7. The smallest absolute Gasteiger partial charge is 0.0702 e. The number of hydrogen-bond donors (Lipinski definition) is 0. The molecule has 0 aliphatic rings. The third-order valence-electron chi connectivity index (χ3n) is 11.0. The fourth-order valence-corrected chi connectivity index (χ4v) is 9.67. The van der Waals surface area contributed by atoms with Crippen LogP contribution in [0.4, 0.5) is 17.1 Å². The van der Waals surface area contributed by atoms with Crippen molar-refractivity contribution in [2.75, 3.05) is 4.90 Å². The molecule has 2 heterocycles. The molecular formula is C52H34N2S. The van der Waals surface area contributed by atoms with Crippen molar-refractivity contribution in [3.8, 4) is 27.9 Å². The summed E-state index contributed by atoms with van der Waals surface area (Å²) in [7, 11) is 0. The zero-order chi connectivity index (χ0) is 36.3. The molecule has 0 atom stereocenters. The zero-order valence-electron chi connectivity index (χ0n) is 29.9. The van der Waals surface area contributed by atoms with E-state index in [1.807, 2.05) is 11.3 Å². The molecule has 2 aromatic heterocycles. The minimum Gasteiger partial charge on any atom is -0.308 e. The van der Waals surface area contributed by atoms with Gasteiger partial charge in [-0.15, -0.1) is 11.3 Å². The Morgan fingerprint density at radius 3 is 1.78 bits per heavy atom. The summed E-state index contributed by atoms with van der Waals surface area (Å²) < 4.78 is 5.05. The van der Waals surface area contributed by atoms with Crippen LogP contribution in [0, 0.1) is 0 Å². The largest absolute Gasteiger partial charge is 0.308 e. The van der Waals surface area contributed by atoms with Gasteiger partial charge in [0.05, 0.1) is 28.1 Å². The normalized spacial score (nSPS) is 11.6. The first kappa shape index (κ1) is 31.6. The molecule has 2 nitrogen and oxygen atoms in total. The summed E-state index contributed by atoms with van der Waals surface area (Å²) in [4.78, 5) is 2.47. The van der Waals surface area contributed by atoms with Gasteiger partial charge in [0.1, 0.15) is 0 Å². The highest BCUT2D eigenvalue weighted by molar-refractivity contribution is 7.25. The number of rotatable bonds is 6. The highest BCUT2D eigenvalue weighted by atomic mass is 32.1. The topological polar surface area (TPSA) is 8.17 Å². The number of fused-ring (bicyclic) bond motifs is 7. The average Bonchev–Trinajstić information content (AvgIpc) is 3.79. The number of hydrogen-bond acceptors (Lipinski definition) is 2. The lowest BCUT2D eigenvalue weighted by atomic mass is 9.97. The van der Waals surface area contributed by atoms with Crippen molar-refractivity contribution in [3.63, 3.8) is 0 Å². The molecule has 0 amide bonds. The van der Waals surface area contributed by atoms with Gasteiger partial charge < -0.3 is 9.47 Å². The van der Waals surface area contributed by atoms with Crippen LogP contribution in [-0.2, 0) is 0 Å². The van der Waals surface area contributed by atoms with Gasteiger partial charge in [-0.1, -0.05) is 152 Å². The molecule has 258 valence electrons. The van der Waals surface area contributed by atoms with Gasteiger partial charge in [-0.3, -0.25) is 0 Å².